The Labute approximate surface area is 130 Å². The molecule has 0 aliphatic heterocycles. The molecule has 0 spiro atoms. The Balaban J connectivity index is 2.44. The van der Waals surface area contributed by atoms with Crippen molar-refractivity contribution in [2.45, 2.75) is 18.9 Å². The van der Waals surface area contributed by atoms with Crippen LogP contribution in [-0.2, 0) is 10.3 Å². The van der Waals surface area contributed by atoms with Crippen molar-refractivity contribution in [1.29, 1.82) is 0 Å². The summed E-state index contributed by atoms with van der Waals surface area (Å²) in [6.07, 6.45) is 0.349. The highest BCUT2D eigenvalue weighted by molar-refractivity contribution is 9.10. The SMILES string of the molecule is CCC(Nc1ccc(F)cc1)(C(=O)O)c1ccc(Br)cc1. The van der Waals surface area contributed by atoms with Crippen LogP contribution in [0.3, 0.4) is 0 Å². The second kappa shape index (κ2) is 6.26. The Morgan fingerprint density at radius 3 is 2.24 bits per heavy atom. The molecule has 0 aliphatic carbocycles. The first kappa shape index (κ1) is 15.5. The fourth-order valence-corrected chi connectivity index (χ4v) is 2.47. The van der Waals surface area contributed by atoms with Gasteiger partial charge in [0.1, 0.15) is 5.82 Å². The third-order valence-electron chi connectivity index (χ3n) is 3.43. The van der Waals surface area contributed by atoms with E-state index >= 15 is 0 Å². The van der Waals surface area contributed by atoms with Gasteiger partial charge in [-0.3, -0.25) is 0 Å². The maximum Gasteiger partial charge on any atom is 0.334 e. The van der Waals surface area contributed by atoms with Gasteiger partial charge in [0.25, 0.3) is 0 Å². The van der Waals surface area contributed by atoms with Gasteiger partial charge in [0, 0.05) is 10.2 Å². The molecule has 0 fully saturated rings. The highest BCUT2D eigenvalue weighted by Crippen LogP contribution is 2.31. The molecule has 2 aromatic rings. The molecule has 21 heavy (non-hydrogen) atoms. The van der Waals surface area contributed by atoms with Crippen molar-refractivity contribution in [2.24, 2.45) is 0 Å². The zero-order valence-corrected chi connectivity index (χ0v) is 13.0. The smallest absolute Gasteiger partial charge is 0.334 e. The van der Waals surface area contributed by atoms with Crippen molar-refractivity contribution in [3.05, 3.63) is 64.4 Å². The fraction of sp³-hybridized carbons (Fsp3) is 0.188. The molecule has 0 radical (unpaired) electrons. The molecule has 2 N–H and O–H groups in total. The summed E-state index contributed by atoms with van der Waals surface area (Å²) in [6, 6.07) is 12.8. The topological polar surface area (TPSA) is 49.3 Å². The van der Waals surface area contributed by atoms with Crippen LogP contribution in [0.25, 0.3) is 0 Å². The fourth-order valence-electron chi connectivity index (χ4n) is 2.21. The summed E-state index contributed by atoms with van der Waals surface area (Å²) < 4.78 is 13.9. The molecule has 110 valence electrons. The minimum Gasteiger partial charge on any atom is -0.479 e. The predicted molar refractivity (Wildman–Crippen MR) is 83.8 cm³/mol. The van der Waals surface area contributed by atoms with Gasteiger partial charge in [0.2, 0.25) is 0 Å². The molecule has 2 rings (SSSR count). The molecule has 0 bridgehead atoms. The molecular weight excluding hydrogens is 337 g/mol. The van der Waals surface area contributed by atoms with E-state index in [-0.39, 0.29) is 5.82 Å². The molecule has 2 aromatic carbocycles. The minimum absolute atomic E-state index is 0.349. The van der Waals surface area contributed by atoms with Crippen molar-refractivity contribution in [1.82, 2.24) is 0 Å². The Morgan fingerprint density at radius 2 is 1.76 bits per heavy atom. The van der Waals surface area contributed by atoms with Crippen LogP contribution < -0.4 is 5.32 Å². The molecule has 1 atom stereocenters. The molecule has 0 aliphatic rings. The Bertz CT molecular complexity index is 628. The van der Waals surface area contributed by atoms with Crippen LogP contribution in [0, 0.1) is 5.82 Å². The molecule has 0 saturated carbocycles. The maximum absolute atomic E-state index is 13.0. The monoisotopic (exact) mass is 351 g/mol. The Kier molecular flexibility index (Phi) is 4.63. The number of hydrogen-bond donors (Lipinski definition) is 2. The molecule has 0 saturated heterocycles. The Hall–Kier alpha value is -1.88. The van der Waals surface area contributed by atoms with E-state index in [9.17, 15) is 14.3 Å². The lowest BCUT2D eigenvalue weighted by Crippen LogP contribution is -2.43. The second-order valence-electron chi connectivity index (χ2n) is 4.70. The first-order chi connectivity index (χ1) is 9.98. The van der Waals surface area contributed by atoms with Crippen LogP contribution in [0.2, 0.25) is 0 Å². The lowest BCUT2D eigenvalue weighted by Gasteiger charge is -2.31. The number of nitrogens with one attached hydrogen (secondary N) is 1. The summed E-state index contributed by atoms with van der Waals surface area (Å²) in [7, 11) is 0. The van der Waals surface area contributed by atoms with Crippen LogP contribution >= 0.6 is 15.9 Å². The van der Waals surface area contributed by atoms with Crippen LogP contribution in [0.1, 0.15) is 18.9 Å². The number of halogens is 2. The number of carbonyl (C=O) groups is 1. The van der Waals surface area contributed by atoms with E-state index in [1.54, 1.807) is 31.2 Å². The van der Waals surface area contributed by atoms with E-state index in [0.29, 0.717) is 17.7 Å². The van der Waals surface area contributed by atoms with Crippen LogP contribution in [0.15, 0.2) is 53.0 Å². The van der Waals surface area contributed by atoms with Crippen LogP contribution in [0.5, 0.6) is 0 Å². The molecule has 5 heteroatoms. The summed E-state index contributed by atoms with van der Waals surface area (Å²) in [5.41, 5.74) is -0.0491. The van der Waals surface area contributed by atoms with Gasteiger partial charge in [-0.15, -0.1) is 0 Å². The molecule has 0 amide bonds. The molecule has 3 nitrogen and oxygen atoms in total. The summed E-state index contributed by atoms with van der Waals surface area (Å²) in [5.74, 6) is -1.33. The van der Waals surface area contributed by atoms with Crippen LogP contribution in [0.4, 0.5) is 10.1 Å². The zero-order valence-electron chi connectivity index (χ0n) is 11.4. The second-order valence-corrected chi connectivity index (χ2v) is 5.62. The van der Waals surface area contributed by atoms with Crippen molar-refractivity contribution >= 4 is 27.6 Å². The van der Waals surface area contributed by atoms with Crippen molar-refractivity contribution < 1.29 is 14.3 Å². The average molecular weight is 352 g/mol. The van der Waals surface area contributed by atoms with Gasteiger partial charge < -0.3 is 10.4 Å². The number of hydrogen-bond acceptors (Lipinski definition) is 2. The average Bonchev–Trinajstić information content (AvgIpc) is 2.47. The van der Waals surface area contributed by atoms with E-state index in [4.69, 9.17) is 0 Å². The number of benzene rings is 2. The zero-order chi connectivity index (χ0) is 15.5. The predicted octanol–water partition coefficient (Wildman–Crippen LogP) is 4.39. The van der Waals surface area contributed by atoms with Crippen LogP contribution in [-0.4, -0.2) is 11.1 Å². The van der Waals surface area contributed by atoms with Gasteiger partial charge in [-0.1, -0.05) is 35.0 Å². The normalized spacial score (nSPS) is 13.5. The first-order valence-corrected chi connectivity index (χ1v) is 7.30. The molecule has 0 heterocycles. The molecule has 0 aromatic heterocycles. The van der Waals surface area contributed by atoms with E-state index in [2.05, 4.69) is 21.2 Å². The summed E-state index contributed by atoms with van der Waals surface area (Å²) in [4.78, 5) is 11.9. The number of rotatable bonds is 5. The van der Waals surface area contributed by atoms with Gasteiger partial charge in [0.05, 0.1) is 0 Å². The first-order valence-electron chi connectivity index (χ1n) is 6.51. The van der Waals surface area contributed by atoms with Gasteiger partial charge in [-0.2, -0.15) is 0 Å². The molecular formula is C16H15BrFNO2. The highest BCUT2D eigenvalue weighted by atomic mass is 79.9. The third kappa shape index (κ3) is 3.24. The number of carboxylic acid groups (broad SMARTS) is 1. The van der Waals surface area contributed by atoms with E-state index < -0.39 is 11.5 Å². The summed E-state index contributed by atoms with van der Waals surface area (Å²) >= 11 is 3.34. The highest BCUT2D eigenvalue weighted by Gasteiger charge is 2.38. The quantitative estimate of drug-likeness (QED) is 0.839. The standard InChI is InChI=1S/C16H15BrFNO2/c1-2-16(15(20)21,11-3-5-12(17)6-4-11)19-14-9-7-13(18)8-10-14/h3-10,19H,2H2,1H3,(H,20,21). The van der Waals surface area contributed by atoms with E-state index in [1.165, 1.54) is 24.3 Å². The number of anilines is 1. The number of carboxylic acids is 1. The summed E-state index contributed by atoms with van der Waals surface area (Å²) in [5, 5.41) is 12.7. The third-order valence-corrected chi connectivity index (χ3v) is 3.96. The molecule has 1 unspecified atom stereocenters. The van der Waals surface area contributed by atoms with Gasteiger partial charge in [0.15, 0.2) is 5.54 Å². The van der Waals surface area contributed by atoms with Crippen molar-refractivity contribution in [2.75, 3.05) is 5.32 Å². The van der Waals surface area contributed by atoms with Gasteiger partial charge in [-0.05, 0) is 48.4 Å². The number of aliphatic carboxylic acids is 1. The maximum atomic E-state index is 13.0. The van der Waals surface area contributed by atoms with Crippen molar-refractivity contribution in [3.63, 3.8) is 0 Å². The van der Waals surface area contributed by atoms with E-state index in [0.717, 1.165) is 4.47 Å². The summed E-state index contributed by atoms with van der Waals surface area (Å²) in [6.45, 7) is 1.80. The largest absolute Gasteiger partial charge is 0.479 e. The van der Waals surface area contributed by atoms with E-state index in [1.807, 2.05) is 0 Å². The van der Waals surface area contributed by atoms with Gasteiger partial charge in [-0.25, -0.2) is 9.18 Å². The lowest BCUT2D eigenvalue weighted by molar-refractivity contribution is -0.142. The van der Waals surface area contributed by atoms with Gasteiger partial charge >= 0.3 is 5.97 Å². The van der Waals surface area contributed by atoms with Crippen molar-refractivity contribution in [3.8, 4) is 0 Å². The lowest BCUT2D eigenvalue weighted by atomic mass is 9.87. The minimum atomic E-state index is -1.25. The Morgan fingerprint density at radius 1 is 1.19 bits per heavy atom.